The lowest BCUT2D eigenvalue weighted by molar-refractivity contribution is 0.00989. The van der Waals surface area contributed by atoms with Gasteiger partial charge in [-0.05, 0) is 25.5 Å². The first-order valence-corrected chi connectivity index (χ1v) is 9.76. The number of hydrogen-bond acceptors (Lipinski definition) is 2. The molecular formula is C22H43NO. The van der Waals surface area contributed by atoms with Gasteiger partial charge in [0.15, 0.2) is 0 Å². The lowest BCUT2D eigenvalue weighted by Gasteiger charge is -2.32. The highest BCUT2D eigenvalue weighted by Gasteiger charge is 2.44. The molecule has 1 N–H and O–H groups in total. The van der Waals surface area contributed by atoms with Crippen molar-refractivity contribution >= 4 is 0 Å². The van der Waals surface area contributed by atoms with Crippen LogP contribution in [-0.4, -0.2) is 29.2 Å². The number of likely N-dealkylation sites (N-methyl/N-ethyl adjacent to an activating group) is 1. The minimum absolute atomic E-state index is 0.0895. The smallest absolute Gasteiger partial charge is 0.0889 e. The van der Waals surface area contributed by atoms with Crippen molar-refractivity contribution < 1.29 is 5.11 Å². The Morgan fingerprint density at radius 2 is 1.50 bits per heavy atom. The van der Waals surface area contributed by atoms with Gasteiger partial charge in [0.2, 0.25) is 0 Å². The van der Waals surface area contributed by atoms with E-state index in [9.17, 15) is 5.11 Å². The molecule has 0 spiro atoms. The van der Waals surface area contributed by atoms with Gasteiger partial charge in [0.1, 0.15) is 0 Å². The molecule has 0 radical (unpaired) electrons. The summed E-state index contributed by atoms with van der Waals surface area (Å²) in [7, 11) is 2.07. The van der Waals surface area contributed by atoms with Crippen LogP contribution in [0, 0.1) is 0 Å². The Morgan fingerprint density at radius 3 is 1.92 bits per heavy atom. The van der Waals surface area contributed by atoms with Crippen LogP contribution in [0.5, 0.6) is 0 Å². The maximum atomic E-state index is 10.7. The molecule has 2 unspecified atom stereocenters. The number of aliphatic hydroxyl groups is 1. The van der Waals surface area contributed by atoms with Crippen LogP contribution in [0.4, 0.5) is 0 Å². The third-order valence-electron chi connectivity index (χ3n) is 3.46. The van der Waals surface area contributed by atoms with E-state index in [-0.39, 0.29) is 6.04 Å². The van der Waals surface area contributed by atoms with Crippen molar-refractivity contribution in [3.8, 4) is 0 Å². The molecule has 0 saturated carbocycles. The van der Waals surface area contributed by atoms with Crippen molar-refractivity contribution in [1.82, 2.24) is 4.90 Å². The van der Waals surface area contributed by atoms with Crippen LogP contribution in [-0.2, 0) is 0 Å². The summed E-state index contributed by atoms with van der Waals surface area (Å²) >= 11 is 0. The summed E-state index contributed by atoms with van der Waals surface area (Å²) in [5.74, 6) is 0. The van der Waals surface area contributed by atoms with E-state index in [1.165, 1.54) is 5.56 Å². The molecule has 0 amide bonds. The summed E-state index contributed by atoms with van der Waals surface area (Å²) in [6.07, 6.45) is 3.28. The predicted octanol–water partition coefficient (Wildman–Crippen LogP) is 6.48. The van der Waals surface area contributed by atoms with E-state index in [2.05, 4.69) is 30.7 Å². The van der Waals surface area contributed by atoms with Gasteiger partial charge in [0.05, 0.1) is 11.6 Å². The Balaban J connectivity index is -0.000000484. The number of benzene rings is 1. The largest absolute Gasteiger partial charge is 0.388 e. The molecule has 24 heavy (non-hydrogen) atoms. The monoisotopic (exact) mass is 337 g/mol. The average Bonchev–Trinajstić information content (AvgIpc) is 2.97. The summed E-state index contributed by atoms with van der Waals surface area (Å²) in [6.45, 7) is 20.7. The zero-order valence-electron chi connectivity index (χ0n) is 17.8. The minimum atomic E-state index is -0.655. The summed E-state index contributed by atoms with van der Waals surface area (Å²) in [6, 6.07) is 10.3. The maximum absolute atomic E-state index is 10.7. The van der Waals surface area contributed by atoms with Crippen molar-refractivity contribution in [3.63, 3.8) is 0 Å². The summed E-state index contributed by atoms with van der Waals surface area (Å²) in [5, 5.41) is 10.7. The summed E-state index contributed by atoms with van der Waals surface area (Å²) in [4.78, 5) is 2.22. The third kappa shape index (κ3) is 8.65. The quantitative estimate of drug-likeness (QED) is 0.638. The highest BCUT2D eigenvalue weighted by Crippen LogP contribution is 2.41. The highest BCUT2D eigenvalue weighted by molar-refractivity contribution is 5.24. The van der Waals surface area contributed by atoms with Crippen LogP contribution < -0.4 is 0 Å². The number of hydrogen-bond donors (Lipinski definition) is 1. The number of likely N-dealkylation sites (tertiary alicyclic amines) is 1. The molecule has 2 nitrogen and oxygen atoms in total. The van der Waals surface area contributed by atoms with Crippen LogP contribution in [0.1, 0.15) is 79.8 Å². The van der Waals surface area contributed by atoms with E-state index in [0.29, 0.717) is 6.42 Å². The number of nitrogens with zero attached hydrogens (tertiary/aromatic N) is 1. The molecule has 142 valence electrons. The molecule has 2 atom stereocenters. The molecule has 2 heteroatoms. The van der Waals surface area contributed by atoms with E-state index in [1.54, 1.807) is 0 Å². The van der Waals surface area contributed by atoms with Gasteiger partial charge in [-0.2, -0.15) is 0 Å². The molecule has 1 aliphatic heterocycles. The lowest BCUT2D eigenvalue weighted by atomic mass is 9.86. The standard InChI is InChI=1S/C14H19NO.4C2H6/c1-3-9-14(16)10-11-15(2)13(14)12-7-5-4-6-8-12;4*1-2/h3-8,13,16H,1,9-11H2,2H3;4*1-2H3. The van der Waals surface area contributed by atoms with Crippen LogP contribution in [0.25, 0.3) is 0 Å². The van der Waals surface area contributed by atoms with E-state index >= 15 is 0 Å². The fourth-order valence-electron chi connectivity index (χ4n) is 2.71. The van der Waals surface area contributed by atoms with Crippen molar-refractivity contribution in [1.29, 1.82) is 0 Å². The SMILES string of the molecule is C=CCC1(O)CCN(C)C1c1ccccc1.CC.CC.CC.CC. The van der Waals surface area contributed by atoms with Crippen molar-refractivity contribution in [2.75, 3.05) is 13.6 Å². The normalized spacial score (nSPS) is 21.3. The summed E-state index contributed by atoms with van der Waals surface area (Å²) in [5.41, 5.74) is 0.532. The second kappa shape index (κ2) is 18.2. The average molecular weight is 338 g/mol. The zero-order chi connectivity index (χ0) is 19.6. The van der Waals surface area contributed by atoms with Gasteiger partial charge in [0, 0.05) is 6.54 Å². The van der Waals surface area contributed by atoms with Gasteiger partial charge in [-0.25, -0.2) is 0 Å². The molecule has 1 aromatic carbocycles. The molecular weight excluding hydrogens is 294 g/mol. The molecule has 0 aliphatic carbocycles. The Labute approximate surface area is 152 Å². The predicted molar refractivity (Wildman–Crippen MR) is 112 cm³/mol. The van der Waals surface area contributed by atoms with Gasteiger partial charge in [-0.15, -0.1) is 6.58 Å². The topological polar surface area (TPSA) is 23.5 Å². The van der Waals surface area contributed by atoms with Gasteiger partial charge in [0.25, 0.3) is 0 Å². The van der Waals surface area contributed by atoms with Gasteiger partial charge in [-0.1, -0.05) is 91.8 Å². The van der Waals surface area contributed by atoms with Crippen LogP contribution >= 0.6 is 0 Å². The number of rotatable bonds is 3. The van der Waals surface area contributed by atoms with Gasteiger partial charge in [-0.3, -0.25) is 4.90 Å². The van der Waals surface area contributed by atoms with E-state index in [4.69, 9.17) is 0 Å². The Hall–Kier alpha value is -1.12. The Bertz CT molecular complexity index is 363. The van der Waals surface area contributed by atoms with Crippen LogP contribution in [0.3, 0.4) is 0 Å². The fourth-order valence-corrected chi connectivity index (χ4v) is 2.71. The molecule has 1 saturated heterocycles. The summed E-state index contributed by atoms with van der Waals surface area (Å²) < 4.78 is 0. The van der Waals surface area contributed by atoms with Gasteiger partial charge < -0.3 is 5.11 Å². The van der Waals surface area contributed by atoms with Crippen molar-refractivity contribution in [3.05, 3.63) is 48.6 Å². The van der Waals surface area contributed by atoms with E-state index in [1.807, 2.05) is 79.7 Å². The molecule has 1 fully saturated rings. The first kappa shape index (κ1) is 27.7. The molecule has 0 bridgehead atoms. The highest BCUT2D eigenvalue weighted by atomic mass is 16.3. The van der Waals surface area contributed by atoms with Gasteiger partial charge >= 0.3 is 0 Å². The molecule has 1 aromatic rings. The van der Waals surface area contributed by atoms with Crippen molar-refractivity contribution in [2.24, 2.45) is 0 Å². The minimum Gasteiger partial charge on any atom is -0.388 e. The second-order valence-corrected chi connectivity index (χ2v) is 4.64. The Kier molecular flexibility index (Phi) is 21.0. The molecule has 1 heterocycles. The van der Waals surface area contributed by atoms with Crippen LogP contribution in [0.2, 0.25) is 0 Å². The molecule has 2 rings (SSSR count). The van der Waals surface area contributed by atoms with Crippen molar-refractivity contribution in [2.45, 2.75) is 79.9 Å². The Morgan fingerprint density at radius 1 is 1.04 bits per heavy atom. The lowest BCUT2D eigenvalue weighted by Crippen LogP contribution is -2.35. The first-order chi connectivity index (χ1) is 11.7. The third-order valence-corrected chi connectivity index (χ3v) is 3.46. The zero-order valence-corrected chi connectivity index (χ0v) is 17.8. The second-order valence-electron chi connectivity index (χ2n) is 4.64. The fraction of sp³-hybridized carbons (Fsp3) is 0.636. The maximum Gasteiger partial charge on any atom is 0.0889 e. The van der Waals surface area contributed by atoms with Crippen LogP contribution in [0.15, 0.2) is 43.0 Å². The molecule has 0 aromatic heterocycles. The first-order valence-electron chi connectivity index (χ1n) is 9.76. The van der Waals surface area contributed by atoms with E-state index < -0.39 is 5.60 Å². The molecule has 1 aliphatic rings. The van der Waals surface area contributed by atoms with E-state index in [0.717, 1.165) is 13.0 Å².